The van der Waals surface area contributed by atoms with Crippen molar-refractivity contribution in [2.45, 2.75) is 53.4 Å². The molecule has 5 aromatic rings. The first-order valence-corrected chi connectivity index (χ1v) is 16.3. The van der Waals surface area contributed by atoms with E-state index in [1.807, 2.05) is 60.7 Å². The molecule has 0 amide bonds. The van der Waals surface area contributed by atoms with Crippen molar-refractivity contribution in [3.8, 4) is 22.3 Å². The smallest absolute Gasteiger partial charge is 0.339 e. The molecule has 1 aliphatic rings. The molecule has 4 nitrogen and oxygen atoms in total. The van der Waals surface area contributed by atoms with Crippen LogP contribution < -0.4 is 0 Å². The normalized spacial score (nSPS) is 12.3. The summed E-state index contributed by atoms with van der Waals surface area (Å²) in [5.41, 5.74) is 11.4. The van der Waals surface area contributed by atoms with Gasteiger partial charge in [-0.2, -0.15) is 0 Å². The molecule has 0 atom stereocenters. The minimum Gasteiger partial charge on any atom is -0.465 e. The van der Waals surface area contributed by atoms with Crippen LogP contribution in [0.1, 0.15) is 81.8 Å². The number of carbonyl (C=O) groups is 2. The van der Waals surface area contributed by atoms with E-state index in [1.54, 1.807) is 0 Å². The third-order valence-electron chi connectivity index (χ3n) is 9.22. The van der Waals surface area contributed by atoms with Crippen molar-refractivity contribution in [2.75, 3.05) is 14.2 Å². The molecule has 0 radical (unpaired) electrons. The Balaban J connectivity index is 1.82. The van der Waals surface area contributed by atoms with Gasteiger partial charge in [0.25, 0.3) is 0 Å². The molecule has 4 heteroatoms. The van der Waals surface area contributed by atoms with Gasteiger partial charge in [0, 0.05) is 11.1 Å². The number of hydrogen-bond donors (Lipinski definition) is 0. The molecule has 234 valence electrons. The van der Waals surface area contributed by atoms with Crippen molar-refractivity contribution in [3.05, 3.63) is 129 Å². The third kappa shape index (κ3) is 5.51. The fourth-order valence-corrected chi connectivity index (χ4v) is 7.46. The zero-order valence-corrected chi connectivity index (χ0v) is 27.7. The van der Waals surface area contributed by atoms with Crippen molar-refractivity contribution in [3.63, 3.8) is 0 Å². The molecule has 0 aliphatic heterocycles. The summed E-state index contributed by atoms with van der Waals surface area (Å²) in [5, 5.41) is 2.64. The minimum absolute atomic E-state index is 0.259. The lowest BCUT2D eigenvalue weighted by Crippen LogP contribution is -2.23. The molecule has 0 fully saturated rings. The lowest BCUT2D eigenvalue weighted by Gasteiger charge is -2.33. The van der Waals surface area contributed by atoms with Gasteiger partial charge >= 0.3 is 11.9 Å². The summed E-state index contributed by atoms with van der Waals surface area (Å²) < 4.78 is 10.9. The summed E-state index contributed by atoms with van der Waals surface area (Å²) >= 11 is 0. The quantitative estimate of drug-likeness (QED) is 0.161. The molecule has 1 aliphatic carbocycles. The first-order valence-electron chi connectivity index (χ1n) is 16.3. The molecule has 0 spiro atoms. The van der Waals surface area contributed by atoms with Gasteiger partial charge in [-0.05, 0) is 92.8 Å². The Morgan fingerprint density at radius 1 is 0.543 bits per heavy atom. The van der Waals surface area contributed by atoms with Crippen LogP contribution in [0.15, 0.2) is 84.9 Å². The van der Waals surface area contributed by atoms with Crippen LogP contribution >= 0.6 is 0 Å². The van der Waals surface area contributed by atoms with Gasteiger partial charge in [-0.3, -0.25) is 0 Å². The van der Waals surface area contributed by atoms with E-state index in [4.69, 9.17) is 9.47 Å². The zero-order chi connectivity index (χ0) is 32.5. The predicted octanol–water partition coefficient (Wildman–Crippen LogP) is 9.64. The Kier molecular flexibility index (Phi) is 8.82. The van der Waals surface area contributed by atoms with E-state index in [0.29, 0.717) is 24.7 Å². The summed E-state index contributed by atoms with van der Waals surface area (Å²) in [6.45, 7) is 9.11. The molecular weight excluding hydrogens is 568 g/mol. The lowest BCUT2D eigenvalue weighted by atomic mass is 9.70. The maximum absolute atomic E-state index is 13.9. The Labute approximate surface area is 272 Å². The Morgan fingerprint density at radius 2 is 0.891 bits per heavy atom. The van der Waals surface area contributed by atoms with Crippen LogP contribution in [0, 0.1) is 11.8 Å². The van der Waals surface area contributed by atoms with Crippen LogP contribution in [0.4, 0.5) is 0 Å². The van der Waals surface area contributed by atoms with Crippen LogP contribution in [-0.4, -0.2) is 26.2 Å². The van der Waals surface area contributed by atoms with Gasteiger partial charge in [-0.25, -0.2) is 9.59 Å². The van der Waals surface area contributed by atoms with Crippen LogP contribution in [0.25, 0.3) is 33.0 Å². The van der Waals surface area contributed by atoms with Crippen molar-refractivity contribution in [1.29, 1.82) is 0 Å². The van der Waals surface area contributed by atoms with E-state index >= 15 is 0 Å². The summed E-state index contributed by atoms with van der Waals surface area (Å²) in [4.78, 5) is 27.8. The van der Waals surface area contributed by atoms with E-state index < -0.39 is 11.9 Å². The maximum Gasteiger partial charge on any atom is 0.339 e. The molecule has 0 aromatic heterocycles. The highest BCUT2D eigenvalue weighted by molar-refractivity contribution is 6.13. The molecule has 46 heavy (non-hydrogen) atoms. The van der Waals surface area contributed by atoms with Gasteiger partial charge in [0.05, 0.1) is 25.3 Å². The standard InChI is InChI=1S/C42H42O4/c1-25(2)21-31-29-19-13-14-20-30(29)32(22-26(3)4)34-24-36-35(23-33(31)34)37(27-15-9-7-10-16-27)39(41(43)45-5)40(42(44)46-6)38(36)28-17-11-8-12-18-28/h7-20,25-26H,21-24H2,1-6H3. The highest BCUT2D eigenvalue weighted by Crippen LogP contribution is 2.48. The van der Waals surface area contributed by atoms with Crippen molar-refractivity contribution >= 4 is 22.7 Å². The first kappa shape index (κ1) is 31.3. The highest BCUT2D eigenvalue weighted by Gasteiger charge is 2.36. The number of fused-ring (bicyclic) bond motifs is 3. The number of rotatable bonds is 8. The average molecular weight is 611 g/mol. The molecule has 0 unspecified atom stereocenters. The Bertz CT molecular complexity index is 1790. The number of carbonyl (C=O) groups excluding carboxylic acids is 2. The molecule has 0 N–H and O–H groups in total. The predicted molar refractivity (Wildman–Crippen MR) is 187 cm³/mol. The zero-order valence-electron chi connectivity index (χ0n) is 27.7. The van der Waals surface area contributed by atoms with Crippen LogP contribution in [0.3, 0.4) is 0 Å². The van der Waals surface area contributed by atoms with Gasteiger partial charge in [0.1, 0.15) is 0 Å². The monoisotopic (exact) mass is 610 g/mol. The number of ether oxygens (including phenoxy) is 2. The van der Waals surface area contributed by atoms with Crippen molar-refractivity contribution < 1.29 is 19.1 Å². The average Bonchev–Trinajstić information content (AvgIpc) is 3.07. The van der Waals surface area contributed by atoms with Gasteiger partial charge < -0.3 is 9.47 Å². The molecule has 0 heterocycles. The molecule has 0 bridgehead atoms. The van der Waals surface area contributed by atoms with Crippen LogP contribution in [0.5, 0.6) is 0 Å². The number of esters is 2. The van der Waals surface area contributed by atoms with E-state index in [0.717, 1.165) is 46.2 Å². The van der Waals surface area contributed by atoms with Gasteiger partial charge in [0.15, 0.2) is 0 Å². The maximum atomic E-state index is 13.9. The Hall–Kier alpha value is -4.70. The summed E-state index contributed by atoms with van der Waals surface area (Å²) in [7, 11) is 2.75. The van der Waals surface area contributed by atoms with Crippen LogP contribution in [0.2, 0.25) is 0 Å². The Morgan fingerprint density at radius 3 is 1.22 bits per heavy atom. The summed E-state index contributed by atoms with van der Waals surface area (Å²) in [6.07, 6.45) is 3.21. The van der Waals surface area contributed by atoms with E-state index in [9.17, 15) is 9.59 Å². The lowest BCUT2D eigenvalue weighted by molar-refractivity contribution is 0.0556. The number of methoxy groups -OCH3 is 2. The molecule has 6 rings (SSSR count). The second kappa shape index (κ2) is 13.0. The highest BCUT2D eigenvalue weighted by atomic mass is 16.5. The van der Waals surface area contributed by atoms with Gasteiger partial charge in [-0.1, -0.05) is 113 Å². The van der Waals surface area contributed by atoms with E-state index in [2.05, 4.69) is 52.0 Å². The molecule has 0 saturated heterocycles. The van der Waals surface area contributed by atoms with E-state index in [-0.39, 0.29) is 11.1 Å². The fraction of sp³-hybridized carbons (Fsp3) is 0.286. The van der Waals surface area contributed by atoms with Crippen molar-refractivity contribution in [2.24, 2.45) is 11.8 Å². The SMILES string of the molecule is COC(=O)c1c(C(=O)OC)c(-c2ccccc2)c2c(c1-c1ccccc1)Cc1c(c(CC(C)C)c3ccccc3c1CC(C)C)C2. The summed E-state index contributed by atoms with van der Waals surface area (Å²) in [6, 6.07) is 28.7. The van der Waals surface area contributed by atoms with Crippen molar-refractivity contribution in [1.82, 2.24) is 0 Å². The third-order valence-corrected chi connectivity index (χ3v) is 9.22. The van der Waals surface area contributed by atoms with Gasteiger partial charge in [-0.15, -0.1) is 0 Å². The molecule has 5 aromatic carbocycles. The fourth-order valence-electron chi connectivity index (χ4n) is 7.46. The van der Waals surface area contributed by atoms with Gasteiger partial charge in [0.2, 0.25) is 0 Å². The first-order chi connectivity index (χ1) is 22.2. The number of hydrogen-bond acceptors (Lipinski definition) is 4. The second-order valence-corrected chi connectivity index (χ2v) is 13.2. The topological polar surface area (TPSA) is 52.6 Å². The summed E-state index contributed by atoms with van der Waals surface area (Å²) in [5.74, 6) is -0.172. The largest absolute Gasteiger partial charge is 0.465 e. The molecular formula is C42H42O4. The second-order valence-electron chi connectivity index (χ2n) is 13.2. The van der Waals surface area contributed by atoms with Crippen LogP contribution in [-0.2, 0) is 35.2 Å². The van der Waals surface area contributed by atoms with E-state index in [1.165, 1.54) is 47.2 Å². The minimum atomic E-state index is -0.550. The number of benzene rings is 5. The molecule has 0 saturated carbocycles.